The van der Waals surface area contributed by atoms with Gasteiger partial charge in [-0.1, -0.05) is 55.1 Å². The summed E-state index contributed by atoms with van der Waals surface area (Å²) in [4.78, 5) is 44.7. The molecule has 0 radical (unpaired) electrons. The van der Waals surface area contributed by atoms with Crippen LogP contribution in [-0.4, -0.2) is 32.1 Å². The predicted molar refractivity (Wildman–Crippen MR) is 124 cm³/mol. The van der Waals surface area contributed by atoms with E-state index in [9.17, 15) is 14.4 Å². The number of amides is 2. The molecule has 0 saturated heterocycles. The highest BCUT2D eigenvalue weighted by Gasteiger charge is 2.35. The molecule has 4 aromatic rings. The maximum atomic E-state index is 13.4. The van der Waals surface area contributed by atoms with Crippen LogP contribution in [-0.2, 0) is 6.42 Å². The van der Waals surface area contributed by atoms with Crippen LogP contribution in [0.5, 0.6) is 0 Å². The highest BCUT2D eigenvalue weighted by Crippen LogP contribution is 2.28. The van der Waals surface area contributed by atoms with Crippen LogP contribution in [0.2, 0.25) is 0 Å². The van der Waals surface area contributed by atoms with E-state index in [2.05, 4.69) is 6.92 Å². The zero-order valence-electron chi connectivity index (χ0n) is 17.3. The van der Waals surface area contributed by atoms with Gasteiger partial charge in [-0.3, -0.25) is 23.9 Å². The zero-order chi connectivity index (χ0) is 22.2. The van der Waals surface area contributed by atoms with E-state index in [0.717, 1.165) is 12.0 Å². The standard InChI is InChI=1S/C25H19N3O3S/c1-2-16-11-13-17(14-12-16)28-24(31)20-9-5-6-10-21(20)26-25(28)32-15-27-22(29)18-7-3-4-8-19(18)23(27)30/h3-14H,2,15H2,1H3. The van der Waals surface area contributed by atoms with Crippen LogP contribution in [0.25, 0.3) is 16.6 Å². The van der Waals surface area contributed by atoms with Gasteiger partial charge in [0.2, 0.25) is 0 Å². The minimum absolute atomic E-state index is 0.0597. The Kier molecular flexibility index (Phi) is 5.11. The molecule has 2 heterocycles. The third-order valence-corrected chi connectivity index (χ3v) is 6.47. The number of benzene rings is 3. The van der Waals surface area contributed by atoms with E-state index in [1.165, 1.54) is 16.7 Å². The Morgan fingerprint density at radius 1 is 0.812 bits per heavy atom. The van der Waals surface area contributed by atoms with Gasteiger partial charge >= 0.3 is 0 Å². The first kappa shape index (κ1) is 20.2. The zero-order valence-corrected chi connectivity index (χ0v) is 18.1. The molecular weight excluding hydrogens is 422 g/mol. The summed E-state index contributed by atoms with van der Waals surface area (Å²) in [7, 11) is 0. The number of carbonyl (C=O) groups excluding carboxylic acids is 2. The van der Waals surface area contributed by atoms with Crippen molar-refractivity contribution in [3.8, 4) is 5.69 Å². The second kappa shape index (κ2) is 8.09. The van der Waals surface area contributed by atoms with Crippen molar-refractivity contribution in [3.63, 3.8) is 0 Å². The fraction of sp³-hybridized carbons (Fsp3) is 0.120. The van der Waals surface area contributed by atoms with Crippen molar-refractivity contribution >= 4 is 34.5 Å². The Balaban J connectivity index is 1.55. The summed E-state index contributed by atoms with van der Waals surface area (Å²) in [6.07, 6.45) is 0.895. The highest BCUT2D eigenvalue weighted by molar-refractivity contribution is 7.99. The van der Waals surface area contributed by atoms with E-state index in [4.69, 9.17) is 4.98 Å². The van der Waals surface area contributed by atoms with Crippen LogP contribution < -0.4 is 5.56 Å². The molecular formula is C25H19N3O3S. The number of hydrogen-bond acceptors (Lipinski definition) is 5. The van der Waals surface area contributed by atoms with Gasteiger partial charge in [-0.2, -0.15) is 0 Å². The maximum Gasteiger partial charge on any atom is 0.266 e. The summed E-state index contributed by atoms with van der Waals surface area (Å²) in [6.45, 7) is 2.07. The average Bonchev–Trinajstić information content (AvgIpc) is 3.08. The smallest absolute Gasteiger partial charge is 0.266 e. The molecule has 6 nitrogen and oxygen atoms in total. The van der Waals surface area contributed by atoms with E-state index in [1.807, 2.05) is 36.4 Å². The first-order valence-corrected chi connectivity index (χ1v) is 11.3. The summed E-state index contributed by atoms with van der Waals surface area (Å²) in [5.41, 5.74) is 3.04. The number of hydrogen-bond donors (Lipinski definition) is 0. The number of imide groups is 1. The fourth-order valence-electron chi connectivity index (χ4n) is 3.80. The summed E-state index contributed by atoms with van der Waals surface area (Å²) >= 11 is 1.19. The molecule has 158 valence electrons. The lowest BCUT2D eigenvalue weighted by atomic mass is 10.1. The second-order valence-electron chi connectivity index (χ2n) is 7.43. The van der Waals surface area contributed by atoms with Gasteiger partial charge in [0, 0.05) is 0 Å². The molecule has 0 unspecified atom stereocenters. The SMILES string of the molecule is CCc1ccc(-n2c(SCN3C(=O)c4ccccc4C3=O)nc3ccccc3c2=O)cc1. The van der Waals surface area contributed by atoms with Crippen molar-refractivity contribution in [2.24, 2.45) is 0 Å². The number of aromatic nitrogens is 2. The van der Waals surface area contributed by atoms with E-state index in [-0.39, 0.29) is 23.3 Å². The molecule has 0 fully saturated rings. The molecule has 1 aliphatic heterocycles. The topological polar surface area (TPSA) is 72.3 Å². The van der Waals surface area contributed by atoms with Crippen molar-refractivity contribution in [2.75, 3.05) is 5.88 Å². The predicted octanol–water partition coefficient (Wildman–Crippen LogP) is 4.29. The second-order valence-corrected chi connectivity index (χ2v) is 8.34. The lowest BCUT2D eigenvalue weighted by molar-refractivity contribution is 0.0684. The van der Waals surface area contributed by atoms with E-state index < -0.39 is 0 Å². The van der Waals surface area contributed by atoms with Gasteiger partial charge in [-0.15, -0.1) is 0 Å². The molecule has 7 heteroatoms. The van der Waals surface area contributed by atoms with Gasteiger partial charge in [-0.25, -0.2) is 4.98 Å². The molecule has 0 atom stereocenters. The number of rotatable bonds is 5. The minimum atomic E-state index is -0.333. The molecule has 32 heavy (non-hydrogen) atoms. The maximum absolute atomic E-state index is 13.4. The molecule has 0 N–H and O–H groups in total. The Labute approximate surface area is 188 Å². The number of aryl methyl sites for hydroxylation is 1. The molecule has 1 aromatic heterocycles. The highest BCUT2D eigenvalue weighted by atomic mass is 32.2. The van der Waals surface area contributed by atoms with Crippen molar-refractivity contribution in [1.29, 1.82) is 0 Å². The summed E-state index contributed by atoms with van der Waals surface area (Å²) in [5.74, 6) is -0.607. The Hall–Kier alpha value is -3.71. The number of para-hydroxylation sites is 1. The number of thioether (sulfide) groups is 1. The van der Waals surface area contributed by atoms with Gasteiger partial charge in [0.05, 0.1) is 33.6 Å². The van der Waals surface area contributed by atoms with Gasteiger partial charge in [-0.05, 0) is 48.4 Å². The van der Waals surface area contributed by atoms with E-state index >= 15 is 0 Å². The molecule has 0 spiro atoms. The largest absolute Gasteiger partial charge is 0.269 e. The monoisotopic (exact) mass is 441 g/mol. The van der Waals surface area contributed by atoms with Crippen molar-refractivity contribution in [2.45, 2.75) is 18.5 Å². The van der Waals surface area contributed by atoms with Gasteiger partial charge in [0.15, 0.2) is 5.16 Å². The number of fused-ring (bicyclic) bond motifs is 2. The van der Waals surface area contributed by atoms with Crippen molar-refractivity contribution < 1.29 is 9.59 Å². The first-order valence-electron chi connectivity index (χ1n) is 10.3. The number of nitrogens with zero attached hydrogens (tertiary/aromatic N) is 3. The first-order chi connectivity index (χ1) is 15.6. The summed E-state index contributed by atoms with van der Waals surface area (Å²) in [5, 5.41) is 0.937. The lowest BCUT2D eigenvalue weighted by Crippen LogP contribution is -2.30. The van der Waals surface area contributed by atoms with Crippen molar-refractivity contribution in [1.82, 2.24) is 14.5 Å². The van der Waals surface area contributed by atoms with E-state index in [0.29, 0.717) is 32.9 Å². The quantitative estimate of drug-likeness (QED) is 0.262. The van der Waals surface area contributed by atoms with Crippen LogP contribution in [0, 0.1) is 0 Å². The van der Waals surface area contributed by atoms with E-state index in [1.54, 1.807) is 41.0 Å². The Morgan fingerprint density at radius 3 is 2.09 bits per heavy atom. The fourth-order valence-corrected chi connectivity index (χ4v) is 4.76. The molecule has 3 aromatic carbocycles. The third kappa shape index (κ3) is 3.31. The van der Waals surface area contributed by atoms with Crippen LogP contribution in [0.3, 0.4) is 0 Å². The molecule has 0 saturated carbocycles. The van der Waals surface area contributed by atoms with Crippen LogP contribution in [0.1, 0.15) is 33.2 Å². The number of carbonyl (C=O) groups is 2. The molecule has 5 rings (SSSR count). The Morgan fingerprint density at radius 2 is 1.44 bits per heavy atom. The average molecular weight is 442 g/mol. The molecule has 0 aliphatic carbocycles. The van der Waals surface area contributed by atoms with Crippen molar-refractivity contribution in [3.05, 3.63) is 99.8 Å². The van der Waals surface area contributed by atoms with Crippen LogP contribution >= 0.6 is 11.8 Å². The van der Waals surface area contributed by atoms with Crippen LogP contribution in [0.4, 0.5) is 0 Å². The summed E-state index contributed by atoms with van der Waals surface area (Å²) < 4.78 is 1.55. The lowest BCUT2D eigenvalue weighted by Gasteiger charge is -2.17. The normalized spacial score (nSPS) is 13.1. The summed E-state index contributed by atoms with van der Waals surface area (Å²) in [6, 6.07) is 21.7. The van der Waals surface area contributed by atoms with Gasteiger partial charge in [0.25, 0.3) is 17.4 Å². The van der Waals surface area contributed by atoms with Gasteiger partial charge < -0.3 is 0 Å². The Bertz CT molecular complexity index is 1390. The molecule has 2 amide bonds. The minimum Gasteiger partial charge on any atom is -0.269 e. The molecule has 1 aliphatic rings. The van der Waals surface area contributed by atoms with Gasteiger partial charge in [0.1, 0.15) is 0 Å². The molecule has 0 bridgehead atoms. The third-order valence-electron chi connectivity index (χ3n) is 5.55. The van der Waals surface area contributed by atoms with Crippen LogP contribution in [0.15, 0.2) is 82.7 Å².